The number of nitrogens with zero attached hydrogens (tertiary/aromatic N) is 1. The molecule has 0 bridgehead atoms. The van der Waals surface area contributed by atoms with E-state index in [1.807, 2.05) is 24.0 Å². The van der Waals surface area contributed by atoms with Crippen molar-refractivity contribution in [3.05, 3.63) is 23.3 Å². The van der Waals surface area contributed by atoms with Crippen LogP contribution in [0.25, 0.3) is 0 Å². The number of rotatable bonds is 9. The fraction of sp³-hybridized carbons (Fsp3) is 0.667. The van der Waals surface area contributed by atoms with Gasteiger partial charge < -0.3 is 24.4 Å². The number of nitrogens with one attached hydrogen (secondary N) is 1. The van der Waals surface area contributed by atoms with Crippen LogP contribution in [0.3, 0.4) is 0 Å². The van der Waals surface area contributed by atoms with Crippen molar-refractivity contribution in [2.24, 2.45) is 0 Å². The highest BCUT2D eigenvalue weighted by atomic mass is 16.5. The molecule has 2 rings (SSSR count). The second-order valence-corrected chi connectivity index (χ2v) is 7.32. The third-order valence-corrected chi connectivity index (χ3v) is 4.95. The summed E-state index contributed by atoms with van der Waals surface area (Å²) in [5.41, 5.74) is 1.58. The van der Waals surface area contributed by atoms with Gasteiger partial charge in [0.25, 0.3) is 5.91 Å². The fourth-order valence-corrected chi connectivity index (χ4v) is 3.58. The predicted octanol–water partition coefficient (Wildman–Crippen LogP) is 3.02. The number of piperidine rings is 1. The van der Waals surface area contributed by atoms with Crippen LogP contribution in [0, 0.1) is 6.92 Å². The Morgan fingerprint density at radius 1 is 1.26 bits per heavy atom. The summed E-state index contributed by atoms with van der Waals surface area (Å²) >= 11 is 0. The topological polar surface area (TPSA) is 60.0 Å². The number of carbonyl (C=O) groups is 1. The van der Waals surface area contributed by atoms with E-state index in [1.165, 1.54) is 0 Å². The molecule has 0 saturated carbocycles. The molecule has 1 fully saturated rings. The van der Waals surface area contributed by atoms with E-state index in [0.29, 0.717) is 30.3 Å². The summed E-state index contributed by atoms with van der Waals surface area (Å²) < 4.78 is 16.4. The molecule has 1 heterocycles. The van der Waals surface area contributed by atoms with E-state index in [9.17, 15) is 4.79 Å². The number of aryl methyl sites for hydroxylation is 1. The summed E-state index contributed by atoms with van der Waals surface area (Å²) in [5, 5.41) is 3.41. The molecule has 1 aromatic rings. The van der Waals surface area contributed by atoms with Gasteiger partial charge in [0, 0.05) is 44.3 Å². The molecular formula is C21H34N2O4. The molecule has 1 saturated heterocycles. The second kappa shape index (κ2) is 10.5. The van der Waals surface area contributed by atoms with Crippen molar-refractivity contribution in [2.45, 2.75) is 52.1 Å². The van der Waals surface area contributed by atoms with Gasteiger partial charge in [-0.1, -0.05) is 0 Å². The minimum Gasteiger partial charge on any atom is -0.493 e. The van der Waals surface area contributed by atoms with E-state index in [2.05, 4.69) is 19.2 Å². The van der Waals surface area contributed by atoms with Gasteiger partial charge in [0.05, 0.1) is 13.7 Å². The molecule has 0 radical (unpaired) electrons. The van der Waals surface area contributed by atoms with Crippen LogP contribution in [-0.4, -0.2) is 63.4 Å². The molecule has 0 unspecified atom stereocenters. The Morgan fingerprint density at radius 2 is 2.04 bits per heavy atom. The number of methoxy groups -OCH3 is 2. The van der Waals surface area contributed by atoms with Gasteiger partial charge in [-0.3, -0.25) is 4.79 Å². The number of ether oxygens (including phenoxy) is 3. The Bertz CT molecular complexity index is 612. The van der Waals surface area contributed by atoms with Crippen molar-refractivity contribution in [2.75, 3.05) is 40.5 Å². The number of benzene rings is 1. The first kappa shape index (κ1) is 21.5. The molecule has 0 aromatic heterocycles. The Labute approximate surface area is 163 Å². The Balaban J connectivity index is 2.26. The smallest absolute Gasteiger partial charge is 0.254 e. The Kier molecular flexibility index (Phi) is 8.38. The largest absolute Gasteiger partial charge is 0.493 e. The van der Waals surface area contributed by atoms with Crippen molar-refractivity contribution >= 4 is 5.91 Å². The zero-order chi connectivity index (χ0) is 19.8. The first-order valence-electron chi connectivity index (χ1n) is 9.83. The molecule has 6 heteroatoms. The molecule has 1 aliphatic heterocycles. The monoisotopic (exact) mass is 378 g/mol. The van der Waals surface area contributed by atoms with Gasteiger partial charge in [-0.05, 0) is 57.9 Å². The molecule has 6 nitrogen and oxygen atoms in total. The Morgan fingerprint density at radius 3 is 2.63 bits per heavy atom. The third kappa shape index (κ3) is 5.59. The molecule has 1 amide bonds. The summed E-state index contributed by atoms with van der Waals surface area (Å²) in [6, 6.07) is 4.07. The van der Waals surface area contributed by atoms with Crippen molar-refractivity contribution < 1.29 is 19.0 Å². The highest BCUT2D eigenvalue weighted by Crippen LogP contribution is 2.32. The highest BCUT2D eigenvalue weighted by Gasteiger charge is 2.29. The zero-order valence-electron chi connectivity index (χ0n) is 17.3. The molecule has 1 N–H and O–H groups in total. The quantitative estimate of drug-likeness (QED) is 0.670. The van der Waals surface area contributed by atoms with Gasteiger partial charge in [0.1, 0.15) is 0 Å². The maximum Gasteiger partial charge on any atom is 0.254 e. The minimum absolute atomic E-state index is 0.0561. The van der Waals surface area contributed by atoms with Gasteiger partial charge in [-0.15, -0.1) is 0 Å². The van der Waals surface area contributed by atoms with Gasteiger partial charge in [-0.25, -0.2) is 0 Å². The maximum absolute atomic E-state index is 13.4. The lowest BCUT2D eigenvalue weighted by Crippen LogP contribution is -2.51. The van der Waals surface area contributed by atoms with Crippen LogP contribution in [-0.2, 0) is 4.74 Å². The van der Waals surface area contributed by atoms with E-state index in [1.54, 1.807) is 14.2 Å². The molecule has 1 aromatic carbocycles. The summed E-state index contributed by atoms with van der Waals surface area (Å²) in [6.07, 6.45) is 2.91. The summed E-state index contributed by atoms with van der Waals surface area (Å²) in [6.45, 7) is 9.12. The molecule has 0 spiro atoms. The summed E-state index contributed by atoms with van der Waals surface area (Å²) in [4.78, 5) is 15.4. The molecule has 152 valence electrons. The minimum atomic E-state index is 0.0561. The zero-order valence-corrected chi connectivity index (χ0v) is 17.3. The normalized spacial score (nSPS) is 17.0. The van der Waals surface area contributed by atoms with Gasteiger partial charge in [0.2, 0.25) is 0 Å². The molecule has 1 aliphatic rings. The van der Waals surface area contributed by atoms with Crippen molar-refractivity contribution in [1.82, 2.24) is 10.2 Å². The van der Waals surface area contributed by atoms with E-state index in [-0.39, 0.29) is 18.0 Å². The average molecular weight is 379 g/mol. The summed E-state index contributed by atoms with van der Waals surface area (Å²) in [5.74, 6) is 1.31. The molecule has 0 aliphatic carbocycles. The van der Waals surface area contributed by atoms with Crippen molar-refractivity contribution in [1.29, 1.82) is 0 Å². The maximum atomic E-state index is 13.4. The SMILES string of the molecule is COCCCOc1cc(C(=O)N(C(C)C)[C@@H]2CCCNC2)c(C)cc1OC. The molecular weight excluding hydrogens is 344 g/mol. The highest BCUT2D eigenvalue weighted by molar-refractivity contribution is 5.97. The van der Waals surface area contributed by atoms with E-state index in [4.69, 9.17) is 14.2 Å². The van der Waals surface area contributed by atoms with Gasteiger partial charge in [-0.2, -0.15) is 0 Å². The van der Waals surface area contributed by atoms with Crippen LogP contribution in [0.2, 0.25) is 0 Å². The van der Waals surface area contributed by atoms with Gasteiger partial charge in [0.15, 0.2) is 11.5 Å². The van der Waals surface area contributed by atoms with Crippen molar-refractivity contribution in [3.8, 4) is 11.5 Å². The van der Waals surface area contributed by atoms with Crippen LogP contribution in [0.5, 0.6) is 11.5 Å². The lowest BCUT2D eigenvalue weighted by atomic mass is 10.0. The lowest BCUT2D eigenvalue weighted by Gasteiger charge is -2.38. The standard InChI is InChI=1S/C21H34N2O4/c1-15(2)23(17-8-6-9-22-14-17)21(24)18-13-20(27-11-7-10-25-4)19(26-5)12-16(18)3/h12-13,15,17,22H,6-11,14H2,1-5H3/t17-/m1/s1. The van der Waals surface area contributed by atoms with Crippen LogP contribution in [0.15, 0.2) is 12.1 Å². The predicted molar refractivity (Wildman–Crippen MR) is 107 cm³/mol. The first-order valence-corrected chi connectivity index (χ1v) is 9.83. The Hall–Kier alpha value is -1.79. The van der Waals surface area contributed by atoms with E-state index >= 15 is 0 Å². The summed E-state index contributed by atoms with van der Waals surface area (Å²) in [7, 11) is 3.29. The van der Waals surface area contributed by atoms with Crippen LogP contribution < -0.4 is 14.8 Å². The first-order chi connectivity index (χ1) is 13.0. The average Bonchev–Trinajstić information content (AvgIpc) is 2.66. The molecule has 1 atom stereocenters. The fourth-order valence-electron chi connectivity index (χ4n) is 3.58. The van der Waals surface area contributed by atoms with E-state index < -0.39 is 0 Å². The number of hydrogen-bond donors (Lipinski definition) is 1. The van der Waals surface area contributed by atoms with Crippen LogP contribution in [0.1, 0.15) is 49.0 Å². The van der Waals surface area contributed by atoms with Crippen LogP contribution in [0.4, 0.5) is 0 Å². The number of hydrogen-bond acceptors (Lipinski definition) is 5. The second-order valence-electron chi connectivity index (χ2n) is 7.32. The number of amides is 1. The third-order valence-electron chi connectivity index (χ3n) is 4.95. The molecule has 27 heavy (non-hydrogen) atoms. The van der Waals surface area contributed by atoms with Gasteiger partial charge >= 0.3 is 0 Å². The van der Waals surface area contributed by atoms with Crippen molar-refractivity contribution in [3.63, 3.8) is 0 Å². The number of carbonyl (C=O) groups excluding carboxylic acids is 1. The van der Waals surface area contributed by atoms with Crippen LogP contribution >= 0.6 is 0 Å². The lowest BCUT2D eigenvalue weighted by molar-refractivity contribution is 0.0572. The van der Waals surface area contributed by atoms with E-state index in [0.717, 1.165) is 37.9 Å².